The Labute approximate surface area is 190 Å². The molecule has 0 saturated heterocycles. The molecular formula is C18H31ClIN3O4S. The van der Waals surface area contributed by atoms with Crippen LogP contribution in [0.4, 0.5) is 0 Å². The van der Waals surface area contributed by atoms with Crippen LogP contribution in [0.3, 0.4) is 0 Å². The number of guanidine groups is 1. The van der Waals surface area contributed by atoms with Gasteiger partial charge in [-0.15, -0.1) is 24.0 Å². The standard InChI is InChI=1S/C18H30ClN3O4S.HI/c1-6-20-18(22-13(3)8-9-27(5,23)24)21-12-14-10-15(19)17(26-7-2)16(11-14)25-4;/h10-11,13H,6-9,12H2,1-5H3,(H2,20,21,22);1H. The van der Waals surface area contributed by atoms with Gasteiger partial charge in [0.15, 0.2) is 17.5 Å². The molecule has 10 heteroatoms. The first-order valence-corrected chi connectivity index (χ1v) is 11.4. The second-order valence-corrected chi connectivity index (χ2v) is 8.87. The van der Waals surface area contributed by atoms with Gasteiger partial charge in [-0.2, -0.15) is 0 Å². The molecule has 1 unspecified atom stereocenters. The van der Waals surface area contributed by atoms with E-state index in [0.29, 0.717) is 48.6 Å². The summed E-state index contributed by atoms with van der Waals surface area (Å²) in [7, 11) is -1.42. The third kappa shape index (κ3) is 10.0. The Bertz CT molecular complexity index is 745. The molecule has 0 heterocycles. The molecular weight excluding hydrogens is 517 g/mol. The summed E-state index contributed by atoms with van der Waals surface area (Å²) >= 11 is 6.30. The zero-order chi connectivity index (χ0) is 20.4. The molecule has 1 aromatic rings. The van der Waals surface area contributed by atoms with Gasteiger partial charge in [-0.25, -0.2) is 13.4 Å². The first-order valence-electron chi connectivity index (χ1n) is 8.91. The number of aliphatic imine (C=N–C) groups is 1. The van der Waals surface area contributed by atoms with Crippen molar-refractivity contribution in [3.63, 3.8) is 0 Å². The molecule has 0 aliphatic rings. The lowest BCUT2D eigenvalue weighted by molar-refractivity contribution is 0.311. The van der Waals surface area contributed by atoms with E-state index in [1.54, 1.807) is 13.2 Å². The number of methoxy groups -OCH3 is 1. The van der Waals surface area contributed by atoms with Crippen molar-refractivity contribution < 1.29 is 17.9 Å². The van der Waals surface area contributed by atoms with Crippen LogP contribution in [0.2, 0.25) is 5.02 Å². The smallest absolute Gasteiger partial charge is 0.191 e. The predicted octanol–water partition coefficient (Wildman–Crippen LogP) is 3.24. The van der Waals surface area contributed by atoms with Gasteiger partial charge in [0.1, 0.15) is 9.84 Å². The average molecular weight is 548 g/mol. The van der Waals surface area contributed by atoms with Gasteiger partial charge in [0.2, 0.25) is 0 Å². The van der Waals surface area contributed by atoms with Crippen molar-refractivity contribution in [2.45, 2.75) is 39.8 Å². The number of nitrogens with zero attached hydrogens (tertiary/aromatic N) is 1. The van der Waals surface area contributed by atoms with Crippen molar-refractivity contribution in [2.24, 2.45) is 4.99 Å². The molecule has 0 aliphatic heterocycles. The molecule has 162 valence electrons. The second kappa shape index (κ2) is 13.3. The lowest BCUT2D eigenvalue weighted by Gasteiger charge is -2.18. The third-order valence-electron chi connectivity index (χ3n) is 3.65. The molecule has 0 spiro atoms. The highest BCUT2D eigenvalue weighted by Crippen LogP contribution is 2.36. The van der Waals surface area contributed by atoms with E-state index in [0.717, 1.165) is 5.56 Å². The maximum Gasteiger partial charge on any atom is 0.191 e. The van der Waals surface area contributed by atoms with E-state index in [-0.39, 0.29) is 35.8 Å². The number of nitrogens with one attached hydrogen (secondary N) is 2. The van der Waals surface area contributed by atoms with Crippen LogP contribution in [0, 0.1) is 0 Å². The highest BCUT2D eigenvalue weighted by atomic mass is 127. The lowest BCUT2D eigenvalue weighted by Crippen LogP contribution is -2.42. The largest absolute Gasteiger partial charge is 0.493 e. The van der Waals surface area contributed by atoms with Crippen molar-refractivity contribution in [3.05, 3.63) is 22.7 Å². The number of benzene rings is 1. The Kier molecular flexibility index (Phi) is 12.9. The van der Waals surface area contributed by atoms with Gasteiger partial charge in [0, 0.05) is 18.8 Å². The van der Waals surface area contributed by atoms with E-state index in [9.17, 15) is 8.42 Å². The minimum atomic E-state index is -2.98. The molecule has 7 nitrogen and oxygen atoms in total. The number of rotatable bonds is 10. The van der Waals surface area contributed by atoms with E-state index in [4.69, 9.17) is 21.1 Å². The fourth-order valence-electron chi connectivity index (χ4n) is 2.34. The number of ether oxygens (including phenoxy) is 2. The Morgan fingerprint density at radius 2 is 2.00 bits per heavy atom. The SMILES string of the molecule is CCNC(=NCc1cc(Cl)c(OCC)c(OC)c1)NC(C)CCS(C)(=O)=O.I. The molecule has 2 N–H and O–H groups in total. The van der Waals surface area contributed by atoms with E-state index in [1.165, 1.54) is 6.26 Å². The highest BCUT2D eigenvalue weighted by Gasteiger charge is 2.12. The van der Waals surface area contributed by atoms with Gasteiger partial charge in [-0.3, -0.25) is 0 Å². The molecule has 0 amide bonds. The molecule has 1 rings (SSSR count). The van der Waals surface area contributed by atoms with E-state index < -0.39 is 9.84 Å². The van der Waals surface area contributed by atoms with E-state index in [1.807, 2.05) is 26.8 Å². The Morgan fingerprint density at radius 3 is 2.54 bits per heavy atom. The summed E-state index contributed by atoms with van der Waals surface area (Å²) in [5.74, 6) is 1.83. The zero-order valence-corrected chi connectivity index (χ0v) is 20.9. The van der Waals surface area contributed by atoms with Gasteiger partial charge in [-0.1, -0.05) is 11.6 Å². The summed E-state index contributed by atoms with van der Waals surface area (Å²) in [6.45, 7) is 7.35. The third-order valence-corrected chi connectivity index (χ3v) is 4.90. The average Bonchev–Trinajstić information content (AvgIpc) is 2.59. The van der Waals surface area contributed by atoms with Gasteiger partial charge in [0.25, 0.3) is 0 Å². The summed E-state index contributed by atoms with van der Waals surface area (Å²) in [5.41, 5.74) is 0.876. The van der Waals surface area contributed by atoms with Gasteiger partial charge < -0.3 is 20.1 Å². The van der Waals surface area contributed by atoms with Crippen molar-refractivity contribution in [1.82, 2.24) is 10.6 Å². The van der Waals surface area contributed by atoms with Crippen LogP contribution in [0.25, 0.3) is 0 Å². The van der Waals surface area contributed by atoms with Crippen LogP contribution in [-0.2, 0) is 16.4 Å². The number of halogens is 2. The first-order chi connectivity index (χ1) is 12.7. The van der Waals surface area contributed by atoms with Crippen LogP contribution in [0.5, 0.6) is 11.5 Å². The van der Waals surface area contributed by atoms with Crippen LogP contribution >= 0.6 is 35.6 Å². The Morgan fingerprint density at radius 1 is 1.32 bits per heavy atom. The zero-order valence-electron chi connectivity index (χ0n) is 17.0. The minimum absolute atomic E-state index is 0. The first kappa shape index (κ1) is 27.1. The van der Waals surface area contributed by atoms with Crippen molar-refractivity contribution in [1.29, 1.82) is 0 Å². The van der Waals surface area contributed by atoms with Crippen LogP contribution in [-0.4, -0.2) is 52.7 Å². The Balaban J connectivity index is 0.00000729. The summed E-state index contributed by atoms with van der Waals surface area (Å²) in [5, 5.41) is 6.85. The minimum Gasteiger partial charge on any atom is -0.493 e. The van der Waals surface area contributed by atoms with Gasteiger partial charge in [0.05, 0.1) is 31.0 Å². The molecule has 0 saturated carbocycles. The number of hydrogen-bond donors (Lipinski definition) is 2. The summed E-state index contributed by atoms with van der Waals surface area (Å²) in [6.07, 6.45) is 1.74. The molecule has 1 aromatic carbocycles. The second-order valence-electron chi connectivity index (χ2n) is 6.20. The van der Waals surface area contributed by atoms with E-state index in [2.05, 4.69) is 15.6 Å². The molecule has 1 atom stereocenters. The maximum absolute atomic E-state index is 11.3. The van der Waals surface area contributed by atoms with Gasteiger partial charge in [-0.05, 0) is 44.9 Å². The molecule has 28 heavy (non-hydrogen) atoms. The molecule has 0 aliphatic carbocycles. The van der Waals surface area contributed by atoms with Crippen LogP contribution in [0.1, 0.15) is 32.8 Å². The predicted molar refractivity (Wildman–Crippen MR) is 126 cm³/mol. The van der Waals surface area contributed by atoms with Crippen LogP contribution in [0.15, 0.2) is 17.1 Å². The molecule has 0 fully saturated rings. The van der Waals surface area contributed by atoms with Gasteiger partial charge >= 0.3 is 0 Å². The quantitative estimate of drug-likeness (QED) is 0.266. The molecule has 0 bridgehead atoms. The fraction of sp³-hybridized carbons (Fsp3) is 0.611. The van der Waals surface area contributed by atoms with Crippen molar-refractivity contribution >= 4 is 51.4 Å². The lowest BCUT2D eigenvalue weighted by atomic mass is 10.2. The number of hydrogen-bond acceptors (Lipinski definition) is 5. The monoisotopic (exact) mass is 547 g/mol. The summed E-state index contributed by atoms with van der Waals surface area (Å²) in [4.78, 5) is 4.55. The summed E-state index contributed by atoms with van der Waals surface area (Å²) < 4.78 is 33.5. The Hall–Kier alpha value is -0.940. The van der Waals surface area contributed by atoms with Crippen LogP contribution < -0.4 is 20.1 Å². The molecule has 0 radical (unpaired) electrons. The molecule has 0 aromatic heterocycles. The normalized spacial score (nSPS) is 12.7. The highest BCUT2D eigenvalue weighted by molar-refractivity contribution is 14.0. The fourth-order valence-corrected chi connectivity index (χ4v) is 3.41. The maximum atomic E-state index is 11.3. The number of sulfone groups is 1. The van der Waals surface area contributed by atoms with E-state index >= 15 is 0 Å². The summed E-state index contributed by atoms with van der Waals surface area (Å²) in [6, 6.07) is 3.61. The topological polar surface area (TPSA) is 89.0 Å². The van der Waals surface area contributed by atoms with Crippen molar-refractivity contribution in [2.75, 3.05) is 32.3 Å². The van der Waals surface area contributed by atoms with Crippen molar-refractivity contribution in [3.8, 4) is 11.5 Å².